The second kappa shape index (κ2) is 11.4. The van der Waals surface area contributed by atoms with Crippen molar-refractivity contribution in [1.29, 1.82) is 0 Å². The average molecular weight is 455 g/mol. The summed E-state index contributed by atoms with van der Waals surface area (Å²) in [6, 6.07) is 11.2. The SMILES string of the molecule is CN(CCCCCC1CC(c2ccc(F)cc2)NN1)C(=O)Nc1ccc(N2CCCC2)nc1. The number of pyridine rings is 1. The quantitative estimate of drug-likeness (QED) is 0.488. The van der Waals surface area contributed by atoms with Crippen molar-refractivity contribution in [2.45, 2.75) is 57.0 Å². The van der Waals surface area contributed by atoms with Gasteiger partial charge in [-0.15, -0.1) is 0 Å². The number of hydrogen-bond donors (Lipinski definition) is 3. The van der Waals surface area contributed by atoms with Crippen molar-refractivity contribution >= 4 is 17.5 Å². The lowest BCUT2D eigenvalue weighted by atomic mass is 9.99. The van der Waals surface area contributed by atoms with E-state index in [-0.39, 0.29) is 17.9 Å². The third kappa shape index (κ3) is 6.65. The standard InChI is InChI=1S/C25H35FN6O/c1-31(25(33)28-22-12-13-24(27-18-22)32-15-5-6-16-32)14-4-2-3-7-21-17-23(30-29-21)19-8-10-20(26)11-9-19/h8-13,18,21,23,29-30H,2-7,14-17H2,1H3,(H,28,33). The Balaban J connectivity index is 1.10. The molecule has 2 aliphatic heterocycles. The van der Waals surface area contributed by atoms with E-state index < -0.39 is 0 Å². The summed E-state index contributed by atoms with van der Waals surface area (Å²) in [5.74, 6) is 0.779. The van der Waals surface area contributed by atoms with Crippen LogP contribution in [0.1, 0.15) is 56.6 Å². The molecule has 2 aromatic rings. The fourth-order valence-electron chi connectivity index (χ4n) is 4.56. The third-order valence-corrected chi connectivity index (χ3v) is 6.58. The van der Waals surface area contributed by atoms with Gasteiger partial charge in [0.15, 0.2) is 0 Å². The number of anilines is 2. The summed E-state index contributed by atoms with van der Waals surface area (Å²) < 4.78 is 13.1. The average Bonchev–Trinajstić information content (AvgIpc) is 3.52. The van der Waals surface area contributed by atoms with Crippen LogP contribution in [0.15, 0.2) is 42.6 Å². The second-order valence-electron chi connectivity index (χ2n) is 9.13. The van der Waals surface area contributed by atoms with Gasteiger partial charge >= 0.3 is 6.03 Å². The molecule has 2 amide bonds. The Labute approximate surface area is 195 Å². The Hall–Kier alpha value is -2.71. The number of carbonyl (C=O) groups is 1. The first-order valence-corrected chi connectivity index (χ1v) is 12.1. The van der Waals surface area contributed by atoms with E-state index in [1.165, 1.54) is 25.0 Å². The van der Waals surface area contributed by atoms with E-state index in [4.69, 9.17) is 0 Å². The zero-order valence-corrected chi connectivity index (χ0v) is 19.4. The Morgan fingerprint density at radius 3 is 2.64 bits per heavy atom. The van der Waals surface area contributed by atoms with Crippen molar-refractivity contribution in [2.75, 3.05) is 36.9 Å². The first kappa shape index (κ1) is 23.4. The molecule has 4 rings (SSSR count). The molecule has 2 unspecified atom stereocenters. The van der Waals surface area contributed by atoms with Crippen LogP contribution in [0.2, 0.25) is 0 Å². The van der Waals surface area contributed by atoms with Crippen LogP contribution in [0.3, 0.4) is 0 Å². The molecule has 0 spiro atoms. The van der Waals surface area contributed by atoms with Gasteiger partial charge in [-0.3, -0.25) is 10.9 Å². The van der Waals surface area contributed by atoms with E-state index in [1.54, 1.807) is 11.1 Å². The van der Waals surface area contributed by atoms with Crippen LogP contribution < -0.4 is 21.1 Å². The Morgan fingerprint density at radius 1 is 1.12 bits per heavy atom. The summed E-state index contributed by atoms with van der Waals surface area (Å²) in [6.07, 6.45) is 9.40. The molecule has 2 aliphatic rings. The van der Waals surface area contributed by atoms with Gasteiger partial charge < -0.3 is 15.1 Å². The van der Waals surface area contributed by atoms with Gasteiger partial charge in [-0.25, -0.2) is 14.2 Å². The van der Waals surface area contributed by atoms with Gasteiger partial charge in [0.2, 0.25) is 0 Å². The van der Waals surface area contributed by atoms with E-state index in [9.17, 15) is 9.18 Å². The number of nitrogens with zero attached hydrogens (tertiary/aromatic N) is 3. The van der Waals surface area contributed by atoms with Crippen LogP contribution in [0.4, 0.5) is 20.7 Å². The van der Waals surface area contributed by atoms with Crippen molar-refractivity contribution in [3.8, 4) is 0 Å². The van der Waals surface area contributed by atoms with Gasteiger partial charge in [-0.05, 0) is 61.9 Å². The molecule has 178 valence electrons. The first-order valence-electron chi connectivity index (χ1n) is 12.1. The van der Waals surface area contributed by atoms with Crippen LogP contribution in [-0.4, -0.2) is 48.6 Å². The minimum atomic E-state index is -0.202. The number of amides is 2. The highest BCUT2D eigenvalue weighted by Crippen LogP contribution is 2.25. The highest BCUT2D eigenvalue weighted by molar-refractivity contribution is 5.89. The summed E-state index contributed by atoms with van der Waals surface area (Å²) in [5.41, 5.74) is 8.52. The lowest BCUT2D eigenvalue weighted by Crippen LogP contribution is -2.32. The molecule has 2 fully saturated rings. The molecule has 2 atom stereocenters. The molecular formula is C25H35FN6O. The predicted octanol–water partition coefficient (Wildman–Crippen LogP) is 4.45. The van der Waals surface area contributed by atoms with Crippen molar-refractivity contribution < 1.29 is 9.18 Å². The van der Waals surface area contributed by atoms with Crippen molar-refractivity contribution in [2.24, 2.45) is 0 Å². The van der Waals surface area contributed by atoms with Gasteiger partial charge in [0, 0.05) is 38.8 Å². The van der Waals surface area contributed by atoms with Crippen molar-refractivity contribution in [1.82, 2.24) is 20.7 Å². The minimum absolute atomic E-state index is 0.102. The smallest absolute Gasteiger partial charge is 0.321 e. The molecule has 1 aromatic heterocycles. The molecule has 1 aromatic carbocycles. The topological polar surface area (TPSA) is 72.5 Å². The molecule has 33 heavy (non-hydrogen) atoms. The number of aromatic nitrogens is 1. The number of carbonyl (C=O) groups excluding carboxylic acids is 1. The molecular weight excluding hydrogens is 419 g/mol. The van der Waals surface area contributed by atoms with Gasteiger partial charge in [-0.1, -0.05) is 25.0 Å². The van der Waals surface area contributed by atoms with Crippen LogP contribution in [-0.2, 0) is 0 Å². The highest BCUT2D eigenvalue weighted by Gasteiger charge is 2.24. The lowest BCUT2D eigenvalue weighted by molar-refractivity contribution is 0.221. The van der Waals surface area contributed by atoms with E-state index in [2.05, 4.69) is 26.1 Å². The number of unbranched alkanes of at least 4 members (excludes halogenated alkanes) is 2. The molecule has 2 saturated heterocycles. The maximum absolute atomic E-state index is 13.1. The number of urea groups is 1. The van der Waals surface area contributed by atoms with Crippen molar-refractivity contribution in [3.63, 3.8) is 0 Å². The first-order chi connectivity index (χ1) is 16.1. The fraction of sp³-hybridized carbons (Fsp3) is 0.520. The normalized spacial score (nSPS) is 20.2. The van der Waals surface area contributed by atoms with Gasteiger partial charge in [-0.2, -0.15) is 0 Å². The summed E-state index contributed by atoms with van der Waals surface area (Å²) in [5, 5.41) is 2.93. The molecule has 3 heterocycles. The van der Waals surface area contributed by atoms with Crippen LogP contribution in [0.25, 0.3) is 0 Å². The number of halogens is 1. The lowest BCUT2D eigenvalue weighted by Gasteiger charge is -2.19. The number of rotatable bonds is 9. The third-order valence-electron chi connectivity index (χ3n) is 6.58. The van der Waals surface area contributed by atoms with E-state index >= 15 is 0 Å². The van der Waals surface area contributed by atoms with Crippen molar-refractivity contribution in [3.05, 3.63) is 54.0 Å². The molecule has 0 saturated carbocycles. The van der Waals surface area contributed by atoms with Gasteiger partial charge in [0.25, 0.3) is 0 Å². The Bertz CT molecular complexity index is 885. The van der Waals surface area contributed by atoms with Crippen LogP contribution in [0.5, 0.6) is 0 Å². The Morgan fingerprint density at radius 2 is 1.91 bits per heavy atom. The second-order valence-corrected chi connectivity index (χ2v) is 9.13. The van der Waals surface area contributed by atoms with Gasteiger partial charge in [0.05, 0.1) is 11.9 Å². The number of benzene rings is 1. The number of hydrazine groups is 1. The Kier molecular flexibility index (Phi) is 8.12. The van der Waals surface area contributed by atoms with E-state index in [0.29, 0.717) is 6.04 Å². The molecule has 7 nitrogen and oxygen atoms in total. The van der Waals surface area contributed by atoms with Crippen LogP contribution in [0, 0.1) is 5.82 Å². The molecule has 0 radical (unpaired) electrons. The maximum atomic E-state index is 13.1. The van der Waals surface area contributed by atoms with E-state index in [0.717, 1.165) is 68.8 Å². The summed E-state index contributed by atoms with van der Waals surface area (Å²) in [7, 11) is 1.83. The molecule has 0 bridgehead atoms. The fourth-order valence-corrected chi connectivity index (χ4v) is 4.56. The summed E-state index contributed by atoms with van der Waals surface area (Å²) in [4.78, 5) is 21.0. The predicted molar refractivity (Wildman–Crippen MR) is 130 cm³/mol. The van der Waals surface area contributed by atoms with Crippen LogP contribution >= 0.6 is 0 Å². The molecule has 3 N–H and O–H groups in total. The monoisotopic (exact) mass is 454 g/mol. The zero-order valence-electron chi connectivity index (χ0n) is 19.4. The number of nitrogens with one attached hydrogen (secondary N) is 3. The largest absolute Gasteiger partial charge is 0.357 e. The summed E-state index contributed by atoms with van der Waals surface area (Å²) >= 11 is 0. The zero-order chi connectivity index (χ0) is 23.0. The molecule has 0 aliphatic carbocycles. The summed E-state index contributed by atoms with van der Waals surface area (Å²) in [6.45, 7) is 2.84. The molecule has 8 heteroatoms. The highest BCUT2D eigenvalue weighted by atomic mass is 19.1. The number of hydrogen-bond acceptors (Lipinski definition) is 5. The van der Waals surface area contributed by atoms with Gasteiger partial charge in [0.1, 0.15) is 11.6 Å². The minimum Gasteiger partial charge on any atom is -0.357 e. The van der Waals surface area contributed by atoms with E-state index in [1.807, 2.05) is 31.3 Å². The maximum Gasteiger partial charge on any atom is 0.321 e.